The minimum Gasteiger partial charge on any atom is -0.378 e. The number of hydrogen-bond donors (Lipinski definition) is 0. The number of hydrogen-bond acceptors (Lipinski definition) is 2. The predicted molar refractivity (Wildman–Crippen MR) is 52.5 cm³/mol. The zero-order chi connectivity index (χ0) is 9.10. The van der Waals surface area contributed by atoms with Gasteiger partial charge in [-0.2, -0.15) is 0 Å². The summed E-state index contributed by atoms with van der Waals surface area (Å²) >= 11 is 0. The zero-order valence-electron chi connectivity index (χ0n) is 7.94. The molecule has 0 unspecified atom stereocenters. The second-order valence-corrected chi connectivity index (χ2v) is 3.59. The number of benzene rings is 1. The average molecular weight is 177 g/mol. The molecule has 2 rings (SSSR count). The van der Waals surface area contributed by atoms with Gasteiger partial charge in [0.25, 0.3) is 0 Å². The highest BCUT2D eigenvalue weighted by Gasteiger charge is 2.22. The molecule has 1 heterocycles. The summed E-state index contributed by atoms with van der Waals surface area (Å²) < 4.78 is 5.15. The SMILES string of the molecule is CN(Cc1ccccc1)C1COC1. The van der Waals surface area contributed by atoms with Gasteiger partial charge in [0.05, 0.1) is 19.3 Å². The first-order chi connectivity index (χ1) is 6.36. The van der Waals surface area contributed by atoms with Crippen molar-refractivity contribution >= 4 is 0 Å². The molecule has 0 N–H and O–H groups in total. The molecule has 1 saturated heterocycles. The fraction of sp³-hybridized carbons (Fsp3) is 0.455. The molecule has 0 radical (unpaired) electrons. The van der Waals surface area contributed by atoms with Crippen LogP contribution >= 0.6 is 0 Å². The van der Waals surface area contributed by atoms with Gasteiger partial charge in [-0.1, -0.05) is 30.3 Å². The molecule has 0 spiro atoms. The van der Waals surface area contributed by atoms with E-state index in [0.717, 1.165) is 19.8 Å². The molecular weight excluding hydrogens is 162 g/mol. The molecular formula is C11H15NO. The number of ether oxygens (including phenoxy) is 1. The molecule has 1 aliphatic rings. The third-order valence-electron chi connectivity index (χ3n) is 2.52. The highest BCUT2D eigenvalue weighted by atomic mass is 16.5. The van der Waals surface area contributed by atoms with Crippen LogP contribution in [-0.4, -0.2) is 31.2 Å². The van der Waals surface area contributed by atoms with Crippen LogP contribution in [0.3, 0.4) is 0 Å². The van der Waals surface area contributed by atoms with E-state index in [2.05, 4.69) is 42.3 Å². The molecule has 13 heavy (non-hydrogen) atoms. The lowest BCUT2D eigenvalue weighted by Gasteiger charge is -2.34. The van der Waals surface area contributed by atoms with E-state index in [1.807, 2.05) is 0 Å². The summed E-state index contributed by atoms with van der Waals surface area (Å²) in [5.41, 5.74) is 1.37. The Morgan fingerprint density at radius 2 is 2.00 bits per heavy atom. The number of rotatable bonds is 3. The lowest BCUT2D eigenvalue weighted by molar-refractivity contribution is -0.0586. The molecule has 0 amide bonds. The molecule has 1 aliphatic heterocycles. The summed E-state index contributed by atoms with van der Waals surface area (Å²) in [6.07, 6.45) is 0. The van der Waals surface area contributed by atoms with E-state index >= 15 is 0 Å². The van der Waals surface area contributed by atoms with Gasteiger partial charge in [-0.05, 0) is 12.6 Å². The maximum absolute atomic E-state index is 5.15. The van der Waals surface area contributed by atoms with Crippen molar-refractivity contribution in [3.05, 3.63) is 35.9 Å². The van der Waals surface area contributed by atoms with Gasteiger partial charge in [0.2, 0.25) is 0 Å². The Kier molecular flexibility index (Phi) is 2.62. The van der Waals surface area contributed by atoms with Gasteiger partial charge < -0.3 is 4.74 Å². The minimum absolute atomic E-state index is 0.625. The first-order valence-corrected chi connectivity index (χ1v) is 4.68. The first-order valence-electron chi connectivity index (χ1n) is 4.68. The van der Waals surface area contributed by atoms with Gasteiger partial charge in [-0.25, -0.2) is 0 Å². The smallest absolute Gasteiger partial charge is 0.0645 e. The van der Waals surface area contributed by atoms with Gasteiger partial charge in [0.1, 0.15) is 0 Å². The summed E-state index contributed by atoms with van der Waals surface area (Å²) in [7, 11) is 2.15. The molecule has 0 aromatic heterocycles. The quantitative estimate of drug-likeness (QED) is 0.694. The van der Waals surface area contributed by atoms with Crippen molar-refractivity contribution in [2.24, 2.45) is 0 Å². The van der Waals surface area contributed by atoms with Crippen molar-refractivity contribution in [2.75, 3.05) is 20.3 Å². The molecule has 2 nitrogen and oxygen atoms in total. The molecule has 2 heteroatoms. The van der Waals surface area contributed by atoms with E-state index in [9.17, 15) is 0 Å². The van der Waals surface area contributed by atoms with Gasteiger partial charge in [0, 0.05) is 6.54 Å². The van der Waals surface area contributed by atoms with Crippen molar-refractivity contribution < 1.29 is 4.74 Å². The fourth-order valence-corrected chi connectivity index (χ4v) is 1.48. The topological polar surface area (TPSA) is 12.5 Å². The Morgan fingerprint density at radius 1 is 1.31 bits per heavy atom. The third-order valence-corrected chi connectivity index (χ3v) is 2.52. The van der Waals surface area contributed by atoms with Crippen LogP contribution in [0.4, 0.5) is 0 Å². The van der Waals surface area contributed by atoms with Crippen molar-refractivity contribution in [3.8, 4) is 0 Å². The zero-order valence-corrected chi connectivity index (χ0v) is 7.94. The molecule has 1 fully saturated rings. The lowest BCUT2D eigenvalue weighted by atomic mass is 10.1. The normalized spacial score (nSPS) is 17.4. The summed E-state index contributed by atoms with van der Waals surface area (Å²) in [6, 6.07) is 11.2. The Balaban J connectivity index is 1.90. The van der Waals surface area contributed by atoms with Crippen LogP contribution in [0, 0.1) is 0 Å². The predicted octanol–water partition coefficient (Wildman–Crippen LogP) is 1.52. The van der Waals surface area contributed by atoms with Crippen molar-refractivity contribution in [3.63, 3.8) is 0 Å². The van der Waals surface area contributed by atoms with Gasteiger partial charge in [-0.15, -0.1) is 0 Å². The van der Waals surface area contributed by atoms with E-state index in [4.69, 9.17) is 4.74 Å². The minimum atomic E-state index is 0.625. The van der Waals surface area contributed by atoms with Crippen molar-refractivity contribution in [1.82, 2.24) is 4.90 Å². The summed E-state index contributed by atoms with van der Waals surface area (Å²) in [4.78, 5) is 2.35. The van der Waals surface area contributed by atoms with Crippen LogP contribution in [0.25, 0.3) is 0 Å². The Labute approximate surface area is 79.1 Å². The lowest BCUT2D eigenvalue weighted by Crippen LogP contribution is -2.46. The fourth-order valence-electron chi connectivity index (χ4n) is 1.48. The van der Waals surface area contributed by atoms with Crippen LogP contribution < -0.4 is 0 Å². The van der Waals surface area contributed by atoms with Gasteiger partial charge in [0.15, 0.2) is 0 Å². The van der Waals surface area contributed by atoms with E-state index in [1.54, 1.807) is 0 Å². The second-order valence-electron chi connectivity index (χ2n) is 3.59. The molecule has 0 saturated carbocycles. The molecule has 0 aliphatic carbocycles. The van der Waals surface area contributed by atoms with Crippen molar-refractivity contribution in [1.29, 1.82) is 0 Å². The molecule has 70 valence electrons. The average Bonchev–Trinajstić information content (AvgIpc) is 2.02. The highest BCUT2D eigenvalue weighted by molar-refractivity contribution is 5.14. The van der Waals surface area contributed by atoms with Crippen LogP contribution in [0.5, 0.6) is 0 Å². The molecule has 0 bridgehead atoms. The number of likely N-dealkylation sites (N-methyl/N-ethyl adjacent to an activating group) is 1. The highest BCUT2D eigenvalue weighted by Crippen LogP contribution is 2.11. The second kappa shape index (κ2) is 3.90. The van der Waals surface area contributed by atoms with Crippen LogP contribution in [-0.2, 0) is 11.3 Å². The van der Waals surface area contributed by atoms with E-state index < -0.39 is 0 Å². The largest absolute Gasteiger partial charge is 0.378 e. The summed E-state index contributed by atoms with van der Waals surface area (Å²) in [5, 5.41) is 0. The van der Waals surface area contributed by atoms with Crippen LogP contribution in [0.1, 0.15) is 5.56 Å². The van der Waals surface area contributed by atoms with Gasteiger partial charge >= 0.3 is 0 Å². The first kappa shape index (κ1) is 8.73. The summed E-state index contributed by atoms with van der Waals surface area (Å²) in [6.45, 7) is 2.81. The number of nitrogens with zero attached hydrogens (tertiary/aromatic N) is 1. The summed E-state index contributed by atoms with van der Waals surface area (Å²) in [5.74, 6) is 0. The standard InChI is InChI=1S/C11H15NO/c1-12(11-8-13-9-11)7-10-5-3-2-4-6-10/h2-6,11H,7-9H2,1H3. The molecule has 1 aromatic rings. The van der Waals surface area contributed by atoms with Crippen LogP contribution in [0.15, 0.2) is 30.3 Å². The molecule has 1 aromatic carbocycles. The van der Waals surface area contributed by atoms with E-state index in [-0.39, 0.29) is 0 Å². The van der Waals surface area contributed by atoms with Gasteiger partial charge in [-0.3, -0.25) is 4.90 Å². The maximum Gasteiger partial charge on any atom is 0.0645 e. The Morgan fingerprint density at radius 3 is 2.54 bits per heavy atom. The molecule has 0 atom stereocenters. The Hall–Kier alpha value is -0.860. The van der Waals surface area contributed by atoms with E-state index in [1.165, 1.54) is 5.56 Å². The van der Waals surface area contributed by atoms with Crippen LogP contribution in [0.2, 0.25) is 0 Å². The monoisotopic (exact) mass is 177 g/mol. The Bertz CT molecular complexity index is 256. The van der Waals surface area contributed by atoms with Crippen molar-refractivity contribution in [2.45, 2.75) is 12.6 Å². The maximum atomic E-state index is 5.15. The van der Waals surface area contributed by atoms with E-state index in [0.29, 0.717) is 6.04 Å². The third kappa shape index (κ3) is 2.08.